The SMILES string of the molecule is CCNC(=NCc1sccc1C)N(C)CCc1cccs1.I. The molecule has 122 valence electrons. The summed E-state index contributed by atoms with van der Waals surface area (Å²) in [6.45, 7) is 6.89. The van der Waals surface area contributed by atoms with Crippen molar-refractivity contribution in [1.82, 2.24) is 10.2 Å². The average Bonchev–Trinajstić information content (AvgIpc) is 3.12. The predicted molar refractivity (Wildman–Crippen MR) is 110 cm³/mol. The Hall–Kier alpha value is -0.600. The monoisotopic (exact) mass is 449 g/mol. The van der Waals surface area contributed by atoms with Crippen LogP contribution >= 0.6 is 46.7 Å². The lowest BCUT2D eigenvalue weighted by atomic mass is 10.3. The largest absolute Gasteiger partial charge is 0.357 e. The van der Waals surface area contributed by atoms with Gasteiger partial charge in [0.2, 0.25) is 0 Å². The Kier molecular flexibility index (Phi) is 9.04. The molecule has 2 aromatic rings. The molecule has 0 fully saturated rings. The summed E-state index contributed by atoms with van der Waals surface area (Å²) < 4.78 is 0. The van der Waals surface area contributed by atoms with E-state index in [0.29, 0.717) is 0 Å². The van der Waals surface area contributed by atoms with E-state index in [9.17, 15) is 0 Å². The standard InChI is InChI=1S/C16H23N3S2.HI/c1-4-17-16(18-12-15-13(2)8-11-21-15)19(3)9-7-14-6-5-10-20-14;/h5-6,8,10-11H,4,7,9,12H2,1-3H3,(H,17,18);1H. The molecule has 0 bridgehead atoms. The minimum atomic E-state index is 0. The Morgan fingerprint density at radius 2 is 2.09 bits per heavy atom. The number of rotatable bonds is 6. The zero-order chi connectivity index (χ0) is 15.1. The molecule has 0 amide bonds. The molecule has 22 heavy (non-hydrogen) atoms. The van der Waals surface area contributed by atoms with Crippen LogP contribution in [0.3, 0.4) is 0 Å². The van der Waals surface area contributed by atoms with Crippen LogP contribution in [-0.2, 0) is 13.0 Å². The third-order valence-electron chi connectivity index (χ3n) is 3.31. The van der Waals surface area contributed by atoms with Crippen molar-refractivity contribution in [2.75, 3.05) is 20.1 Å². The number of aryl methyl sites for hydroxylation is 1. The van der Waals surface area contributed by atoms with Gasteiger partial charge in [0, 0.05) is 29.9 Å². The van der Waals surface area contributed by atoms with Gasteiger partial charge in [-0.05, 0) is 48.7 Å². The molecule has 0 saturated heterocycles. The molecule has 2 heterocycles. The molecule has 2 rings (SSSR count). The average molecular weight is 449 g/mol. The minimum absolute atomic E-state index is 0. The van der Waals surface area contributed by atoms with Crippen molar-refractivity contribution in [1.29, 1.82) is 0 Å². The summed E-state index contributed by atoms with van der Waals surface area (Å²) in [7, 11) is 2.11. The van der Waals surface area contributed by atoms with Crippen LogP contribution in [0.25, 0.3) is 0 Å². The van der Waals surface area contributed by atoms with Crippen LogP contribution in [-0.4, -0.2) is 31.0 Å². The highest BCUT2D eigenvalue weighted by atomic mass is 127. The number of halogens is 1. The molecular weight excluding hydrogens is 425 g/mol. The van der Waals surface area contributed by atoms with Gasteiger partial charge in [0.1, 0.15) is 0 Å². The molecule has 1 N–H and O–H groups in total. The van der Waals surface area contributed by atoms with E-state index in [1.807, 2.05) is 11.3 Å². The molecule has 3 nitrogen and oxygen atoms in total. The molecule has 0 aromatic carbocycles. The number of hydrogen-bond donors (Lipinski definition) is 1. The Balaban J connectivity index is 0.00000242. The highest BCUT2D eigenvalue weighted by molar-refractivity contribution is 14.0. The lowest BCUT2D eigenvalue weighted by Gasteiger charge is -2.21. The summed E-state index contributed by atoms with van der Waals surface area (Å²) >= 11 is 3.60. The first-order chi connectivity index (χ1) is 10.2. The smallest absolute Gasteiger partial charge is 0.194 e. The number of nitrogens with zero attached hydrogens (tertiary/aromatic N) is 2. The van der Waals surface area contributed by atoms with Crippen molar-refractivity contribution in [2.45, 2.75) is 26.8 Å². The Morgan fingerprint density at radius 3 is 2.68 bits per heavy atom. The third-order valence-corrected chi connectivity index (χ3v) is 5.25. The van der Waals surface area contributed by atoms with Crippen molar-refractivity contribution < 1.29 is 0 Å². The topological polar surface area (TPSA) is 27.6 Å². The summed E-state index contributed by atoms with van der Waals surface area (Å²) in [5, 5.41) is 7.64. The number of nitrogens with one attached hydrogen (secondary N) is 1. The van der Waals surface area contributed by atoms with Crippen molar-refractivity contribution in [3.8, 4) is 0 Å². The van der Waals surface area contributed by atoms with E-state index < -0.39 is 0 Å². The van der Waals surface area contributed by atoms with E-state index in [-0.39, 0.29) is 24.0 Å². The van der Waals surface area contributed by atoms with Crippen molar-refractivity contribution in [3.05, 3.63) is 44.3 Å². The second-order valence-corrected chi connectivity index (χ2v) is 6.98. The van der Waals surface area contributed by atoms with Crippen molar-refractivity contribution in [3.63, 3.8) is 0 Å². The molecular formula is C16H24IN3S2. The molecule has 0 aliphatic carbocycles. The van der Waals surface area contributed by atoms with Crippen LogP contribution in [0, 0.1) is 6.92 Å². The summed E-state index contributed by atoms with van der Waals surface area (Å²) in [4.78, 5) is 9.74. The third kappa shape index (κ3) is 5.89. The fourth-order valence-corrected chi connectivity index (χ4v) is 3.55. The first kappa shape index (κ1) is 19.4. The van der Waals surface area contributed by atoms with Gasteiger partial charge in [-0.2, -0.15) is 0 Å². The summed E-state index contributed by atoms with van der Waals surface area (Å²) in [5.74, 6) is 0.988. The van der Waals surface area contributed by atoms with Gasteiger partial charge in [-0.3, -0.25) is 0 Å². The van der Waals surface area contributed by atoms with E-state index in [2.05, 4.69) is 60.1 Å². The molecule has 0 spiro atoms. The zero-order valence-corrected chi connectivity index (χ0v) is 17.3. The number of likely N-dealkylation sites (N-methyl/N-ethyl adjacent to an activating group) is 1. The van der Waals surface area contributed by atoms with Gasteiger partial charge in [-0.1, -0.05) is 6.07 Å². The molecule has 6 heteroatoms. The van der Waals surface area contributed by atoms with Crippen LogP contribution < -0.4 is 5.32 Å². The lowest BCUT2D eigenvalue weighted by molar-refractivity contribution is 0.486. The summed E-state index contributed by atoms with van der Waals surface area (Å²) in [6, 6.07) is 6.46. The second-order valence-electron chi connectivity index (χ2n) is 4.95. The number of aliphatic imine (C=N–C) groups is 1. The van der Waals surface area contributed by atoms with Crippen molar-refractivity contribution in [2.24, 2.45) is 4.99 Å². The van der Waals surface area contributed by atoms with E-state index >= 15 is 0 Å². The Labute approximate surface area is 158 Å². The predicted octanol–water partition coefficient (Wildman–Crippen LogP) is 4.38. The van der Waals surface area contributed by atoms with E-state index in [4.69, 9.17) is 4.99 Å². The normalized spacial score (nSPS) is 11.1. The lowest BCUT2D eigenvalue weighted by Crippen LogP contribution is -2.39. The van der Waals surface area contributed by atoms with Crippen LogP contribution in [0.5, 0.6) is 0 Å². The quantitative estimate of drug-likeness (QED) is 0.403. The molecule has 0 aliphatic heterocycles. The summed E-state index contributed by atoms with van der Waals surface area (Å²) in [5.41, 5.74) is 1.33. The molecule has 0 unspecified atom stereocenters. The van der Waals surface area contributed by atoms with Gasteiger partial charge >= 0.3 is 0 Å². The fraction of sp³-hybridized carbons (Fsp3) is 0.438. The number of hydrogen-bond acceptors (Lipinski definition) is 3. The maximum absolute atomic E-state index is 4.76. The van der Waals surface area contributed by atoms with Crippen LogP contribution in [0.1, 0.15) is 22.2 Å². The molecule has 0 saturated carbocycles. The Bertz CT molecular complexity index is 564. The van der Waals surface area contributed by atoms with Gasteiger partial charge in [0.25, 0.3) is 0 Å². The van der Waals surface area contributed by atoms with Gasteiger partial charge in [-0.25, -0.2) is 4.99 Å². The first-order valence-corrected chi connectivity index (χ1v) is 9.01. The second kappa shape index (κ2) is 10.2. The number of guanidine groups is 1. The zero-order valence-electron chi connectivity index (χ0n) is 13.3. The highest BCUT2D eigenvalue weighted by Crippen LogP contribution is 2.16. The summed E-state index contributed by atoms with van der Waals surface area (Å²) in [6.07, 6.45) is 1.07. The molecule has 2 aromatic heterocycles. The van der Waals surface area contributed by atoms with Crippen LogP contribution in [0.15, 0.2) is 34.0 Å². The van der Waals surface area contributed by atoms with Gasteiger partial charge in [-0.15, -0.1) is 46.7 Å². The van der Waals surface area contributed by atoms with Crippen LogP contribution in [0.2, 0.25) is 0 Å². The fourth-order valence-electron chi connectivity index (χ4n) is 2.02. The van der Waals surface area contributed by atoms with Gasteiger partial charge < -0.3 is 10.2 Å². The van der Waals surface area contributed by atoms with E-state index in [1.165, 1.54) is 15.3 Å². The highest BCUT2D eigenvalue weighted by Gasteiger charge is 2.07. The minimum Gasteiger partial charge on any atom is -0.357 e. The molecule has 0 atom stereocenters. The van der Waals surface area contributed by atoms with E-state index in [1.54, 1.807) is 11.3 Å². The van der Waals surface area contributed by atoms with Crippen LogP contribution in [0.4, 0.5) is 0 Å². The van der Waals surface area contributed by atoms with Gasteiger partial charge in [0.15, 0.2) is 5.96 Å². The number of thiophene rings is 2. The van der Waals surface area contributed by atoms with Gasteiger partial charge in [0.05, 0.1) is 6.54 Å². The molecule has 0 aliphatic rings. The van der Waals surface area contributed by atoms with Crippen molar-refractivity contribution >= 4 is 52.6 Å². The maximum Gasteiger partial charge on any atom is 0.194 e. The molecule has 0 radical (unpaired) electrons. The Morgan fingerprint density at radius 1 is 1.27 bits per heavy atom. The first-order valence-electron chi connectivity index (χ1n) is 7.25. The maximum atomic E-state index is 4.76. The van der Waals surface area contributed by atoms with E-state index in [0.717, 1.165) is 32.0 Å².